The van der Waals surface area contributed by atoms with E-state index >= 15 is 0 Å². The molecule has 0 saturated carbocycles. The van der Waals surface area contributed by atoms with Gasteiger partial charge in [0.25, 0.3) is 0 Å². The largest absolute Gasteiger partial charge is 0.372 e. The van der Waals surface area contributed by atoms with Crippen molar-refractivity contribution in [2.75, 3.05) is 60.6 Å². The number of hydrogen-bond donors (Lipinski definition) is 3. The molecular weight excluding hydrogens is 418 g/mol. The second kappa shape index (κ2) is 17.3. The molecule has 0 amide bonds. The Hall–Kier alpha value is -1.30. The van der Waals surface area contributed by atoms with Crippen LogP contribution >= 0.6 is 25.3 Å². The number of unbranched alkanes of at least 4 members (excludes halogenated alkanes) is 2. The summed E-state index contributed by atoms with van der Waals surface area (Å²) in [7, 11) is 0. The molecule has 0 aromatic heterocycles. The molecule has 5 heteroatoms. The van der Waals surface area contributed by atoms with Crippen LogP contribution in [0.1, 0.15) is 38.5 Å². The Kier molecular flexibility index (Phi) is 14.5. The molecule has 0 saturated heterocycles. The van der Waals surface area contributed by atoms with Gasteiger partial charge in [0.15, 0.2) is 0 Å². The van der Waals surface area contributed by atoms with Crippen molar-refractivity contribution in [1.82, 2.24) is 5.32 Å². The van der Waals surface area contributed by atoms with Crippen LogP contribution in [0.3, 0.4) is 0 Å². The molecule has 0 aliphatic heterocycles. The third-order valence-electron chi connectivity index (χ3n) is 5.48. The first kappa shape index (κ1) is 26.0. The van der Waals surface area contributed by atoms with E-state index in [9.17, 15) is 0 Å². The molecule has 0 aliphatic carbocycles. The fourth-order valence-corrected chi connectivity index (χ4v) is 4.05. The van der Waals surface area contributed by atoms with Crippen molar-refractivity contribution in [3.8, 4) is 0 Å². The molecule has 0 aliphatic rings. The summed E-state index contributed by atoms with van der Waals surface area (Å²) in [6.07, 6.45) is 7.15. The molecule has 0 atom stereocenters. The average molecular weight is 460 g/mol. The fraction of sp³-hybridized carbons (Fsp3) is 0.538. The van der Waals surface area contributed by atoms with Gasteiger partial charge in [0.2, 0.25) is 0 Å². The molecule has 31 heavy (non-hydrogen) atoms. The van der Waals surface area contributed by atoms with Gasteiger partial charge < -0.3 is 15.1 Å². The van der Waals surface area contributed by atoms with E-state index in [2.05, 4.69) is 101 Å². The summed E-state index contributed by atoms with van der Waals surface area (Å²) in [6, 6.07) is 21.5. The van der Waals surface area contributed by atoms with Gasteiger partial charge in [0, 0.05) is 37.6 Å². The Morgan fingerprint density at radius 2 is 0.903 bits per heavy atom. The summed E-state index contributed by atoms with van der Waals surface area (Å²) in [6.45, 7) is 6.64. The van der Waals surface area contributed by atoms with Gasteiger partial charge in [0.1, 0.15) is 0 Å². The SMILES string of the molecule is SCCCN(CCCCNCCCCN(CCCS)c1ccccc1)c1ccccc1. The van der Waals surface area contributed by atoms with E-state index in [4.69, 9.17) is 0 Å². The number of nitrogens with zero attached hydrogens (tertiary/aromatic N) is 2. The second-order valence-corrected chi connectivity index (χ2v) is 8.86. The monoisotopic (exact) mass is 459 g/mol. The van der Waals surface area contributed by atoms with E-state index < -0.39 is 0 Å². The van der Waals surface area contributed by atoms with E-state index in [-0.39, 0.29) is 0 Å². The van der Waals surface area contributed by atoms with Crippen LogP contribution in [0.5, 0.6) is 0 Å². The average Bonchev–Trinajstić information content (AvgIpc) is 2.83. The van der Waals surface area contributed by atoms with Gasteiger partial charge in [-0.25, -0.2) is 0 Å². The highest BCUT2D eigenvalue weighted by molar-refractivity contribution is 7.80. The minimum absolute atomic E-state index is 0.946. The second-order valence-electron chi connectivity index (χ2n) is 7.96. The molecule has 2 aromatic carbocycles. The van der Waals surface area contributed by atoms with Crippen molar-refractivity contribution < 1.29 is 0 Å². The van der Waals surface area contributed by atoms with Crippen LogP contribution in [0.25, 0.3) is 0 Å². The Morgan fingerprint density at radius 1 is 0.516 bits per heavy atom. The Labute approximate surface area is 201 Å². The van der Waals surface area contributed by atoms with Crippen LogP contribution in [-0.4, -0.2) is 50.8 Å². The lowest BCUT2D eigenvalue weighted by molar-refractivity contribution is 0.579. The smallest absolute Gasteiger partial charge is 0.0366 e. The summed E-state index contributed by atoms with van der Waals surface area (Å²) >= 11 is 8.76. The molecule has 0 spiro atoms. The van der Waals surface area contributed by atoms with E-state index in [1.807, 2.05) is 0 Å². The lowest BCUT2D eigenvalue weighted by atomic mass is 10.2. The van der Waals surface area contributed by atoms with Crippen LogP contribution in [0.2, 0.25) is 0 Å². The van der Waals surface area contributed by atoms with Crippen LogP contribution in [0.15, 0.2) is 60.7 Å². The first-order chi connectivity index (χ1) is 15.3. The topological polar surface area (TPSA) is 18.5 Å². The molecule has 0 bridgehead atoms. The minimum Gasteiger partial charge on any atom is -0.372 e. The number of para-hydroxylation sites is 2. The van der Waals surface area contributed by atoms with E-state index in [0.717, 1.165) is 63.6 Å². The van der Waals surface area contributed by atoms with Gasteiger partial charge in [-0.15, -0.1) is 0 Å². The van der Waals surface area contributed by atoms with Crippen LogP contribution in [0, 0.1) is 0 Å². The molecule has 1 N–H and O–H groups in total. The van der Waals surface area contributed by atoms with Crippen molar-refractivity contribution in [1.29, 1.82) is 0 Å². The van der Waals surface area contributed by atoms with Gasteiger partial charge in [-0.05, 0) is 87.4 Å². The van der Waals surface area contributed by atoms with Gasteiger partial charge in [-0.1, -0.05) is 36.4 Å². The molecule has 0 fully saturated rings. The fourth-order valence-electron chi connectivity index (χ4n) is 3.77. The predicted molar refractivity (Wildman–Crippen MR) is 146 cm³/mol. The zero-order valence-corrected chi connectivity index (χ0v) is 20.8. The normalized spacial score (nSPS) is 10.9. The van der Waals surface area contributed by atoms with Gasteiger partial charge >= 0.3 is 0 Å². The number of nitrogens with one attached hydrogen (secondary N) is 1. The summed E-state index contributed by atoms with van der Waals surface area (Å²) in [5.74, 6) is 1.89. The number of benzene rings is 2. The first-order valence-electron chi connectivity index (χ1n) is 11.9. The highest BCUT2D eigenvalue weighted by Crippen LogP contribution is 2.15. The number of hydrogen-bond acceptors (Lipinski definition) is 5. The van der Waals surface area contributed by atoms with Crippen molar-refractivity contribution in [2.24, 2.45) is 0 Å². The van der Waals surface area contributed by atoms with Crippen molar-refractivity contribution in [3.63, 3.8) is 0 Å². The van der Waals surface area contributed by atoms with Crippen molar-refractivity contribution in [2.45, 2.75) is 38.5 Å². The third-order valence-corrected chi connectivity index (χ3v) is 6.11. The van der Waals surface area contributed by atoms with Crippen LogP contribution in [0.4, 0.5) is 11.4 Å². The maximum Gasteiger partial charge on any atom is 0.0366 e. The van der Waals surface area contributed by atoms with Gasteiger partial charge in [-0.3, -0.25) is 0 Å². The van der Waals surface area contributed by atoms with Crippen LogP contribution in [-0.2, 0) is 0 Å². The highest BCUT2D eigenvalue weighted by Gasteiger charge is 2.06. The molecule has 172 valence electrons. The Morgan fingerprint density at radius 3 is 1.29 bits per heavy atom. The van der Waals surface area contributed by atoms with E-state index in [1.54, 1.807) is 0 Å². The summed E-state index contributed by atoms with van der Waals surface area (Å²) in [5, 5.41) is 3.64. The van der Waals surface area contributed by atoms with Crippen molar-refractivity contribution in [3.05, 3.63) is 60.7 Å². The van der Waals surface area contributed by atoms with Crippen LogP contribution < -0.4 is 15.1 Å². The molecule has 0 radical (unpaired) electrons. The van der Waals surface area contributed by atoms with Gasteiger partial charge in [0.05, 0.1) is 0 Å². The molecule has 0 heterocycles. The Balaban J connectivity index is 1.57. The first-order valence-corrected chi connectivity index (χ1v) is 13.1. The molecule has 2 aromatic rings. The third kappa shape index (κ3) is 11.2. The highest BCUT2D eigenvalue weighted by atomic mass is 32.1. The standard InChI is InChI=1S/C26H41N3S2/c30-23-11-21-28(25-13-3-1-4-14-25)19-9-7-17-27-18-8-10-20-29(22-12-24-31)26-15-5-2-6-16-26/h1-6,13-16,27,30-31H,7-12,17-24H2. The minimum atomic E-state index is 0.946. The molecular formula is C26H41N3S2. The lowest BCUT2D eigenvalue weighted by Gasteiger charge is -2.25. The number of anilines is 2. The maximum atomic E-state index is 4.38. The van der Waals surface area contributed by atoms with E-state index in [0.29, 0.717) is 0 Å². The number of rotatable bonds is 18. The predicted octanol–water partition coefficient (Wildman–Crippen LogP) is 5.79. The van der Waals surface area contributed by atoms with Gasteiger partial charge in [-0.2, -0.15) is 25.3 Å². The summed E-state index contributed by atoms with van der Waals surface area (Å²) < 4.78 is 0. The quantitative estimate of drug-likeness (QED) is 0.194. The van der Waals surface area contributed by atoms with Crippen molar-refractivity contribution >= 4 is 36.6 Å². The zero-order chi connectivity index (χ0) is 22.0. The molecule has 3 nitrogen and oxygen atoms in total. The molecule has 0 unspecified atom stereocenters. The number of thiol groups is 2. The molecule has 2 rings (SSSR count). The Bertz CT molecular complexity index is 597. The lowest BCUT2D eigenvalue weighted by Crippen LogP contribution is -2.27. The summed E-state index contributed by atoms with van der Waals surface area (Å²) in [5.41, 5.74) is 2.66. The van der Waals surface area contributed by atoms with E-state index in [1.165, 1.54) is 37.1 Å². The maximum absolute atomic E-state index is 4.38. The zero-order valence-electron chi connectivity index (χ0n) is 19.0. The summed E-state index contributed by atoms with van der Waals surface area (Å²) in [4.78, 5) is 5.00.